The Balaban J connectivity index is 1.39. The minimum atomic E-state index is -0.709. The normalized spacial score (nSPS) is 15.0. The molecular weight excluding hydrogens is 452 g/mol. The topological polar surface area (TPSA) is 126 Å². The van der Waals surface area contributed by atoms with Gasteiger partial charge in [-0.15, -0.1) is 23.1 Å². The monoisotopic (exact) mass is 468 g/mol. The summed E-state index contributed by atoms with van der Waals surface area (Å²) in [7, 11) is 0. The Morgan fingerprint density at radius 3 is 2.77 bits per heavy atom. The van der Waals surface area contributed by atoms with Gasteiger partial charge in [-0.1, -0.05) is 11.6 Å². The number of hydrogen-bond donors (Lipinski definition) is 3. The second-order valence-corrected chi connectivity index (χ2v) is 8.88. The van der Waals surface area contributed by atoms with Crippen LogP contribution in [0, 0.1) is 6.92 Å². The van der Waals surface area contributed by atoms with Gasteiger partial charge in [0, 0.05) is 21.0 Å². The molecule has 158 valence electrons. The van der Waals surface area contributed by atoms with Gasteiger partial charge in [0.15, 0.2) is 6.61 Å². The van der Waals surface area contributed by atoms with Gasteiger partial charge >= 0.3 is 5.97 Å². The predicted octanol–water partition coefficient (Wildman–Crippen LogP) is 1.84. The van der Waals surface area contributed by atoms with Gasteiger partial charge < -0.3 is 10.1 Å². The van der Waals surface area contributed by atoms with Crippen LogP contribution in [0.1, 0.15) is 17.1 Å². The molecule has 1 aromatic carbocycles. The molecule has 0 saturated carbocycles. The summed E-state index contributed by atoms with van der Waals surface area (Å²) in [5, 5.41) is 4.94. The first-order chi connectivity index (χ1) is 14.3. The number of ether oxygens (including phenoxy) is 1. The van der Waals surface area contributed by atoms with Crippen molar-refractivity contribution in [3.05, 3.63) is 39.3 Å². The molecule has 1 unspecified atom stereocenters. The van der Waals surface area contributed by atoms with E-state index in [1.54, 1.807) is 18.2 Å². The van der Waals surface area contributed by atoms with Gasteiger partial charge in [0.2, 0.25) is 11.8 Å². The van der Waals surface area contributed by atoms with E-state index in [0.29, 0.717) is 15.7 Å². The number of anilines is 1. The molecule has 9 nitrogen and oxygen atoms in total. The van der Waals surface area contributed by atoms with Crippen LogP contribution in [0.25, 0.3) is 0 Å². The molecule has 1 aliphatic heterocycles. The molecule has 0 saturated heterocycles. The van der Waals surface area contributed by atoms with E-state index in [9.17, 15) is 19.2 Å². The van der Waals surface area contributed by atoms with Gasteiger partial charge in [0.25, 0.3) is 5.91 Å². The molecule has 2 heterocycles. The number of thioether (sulfide) groups is 1. The lowest BCUT2D eigenvalue weighted by Gasteiger charge is -2.23. The molecule has 2 aromatic rings. The Bertz CT molecular complexity index is 997. The van der Waals surface area contributed by atoms with Crippen molar-refractivity contribution in [2.45, 2.75) is 29.9 Å². The van der Waals surface area contributed by atoms with E-state index in [0.717, 1.165) is 10.6 Å². The zero-order chi connectivity index (χ0) is 21.7. The van der Waals surface area contributed by atoms with E-state index in [1.165, 1.54) is 23.1 Å². The number of benzene rings is 1. The number of carbonyl (C=O) groups excluding carboxylic acids is 4. The van der Waals surface area contributed by atoms with Crippen LogP contribution in [0.3, 0.4) is 0 Å². The summed E-state index contributed by atoms with van der Waals surface area (Å²) in [6.45, 7) is 1.23. The third-order valence-corrected chi connectivity index (χ3v) is 6.27. The predicted molar refractivity (Wildman–Crippen MR) is 112 cm³/mol. The Kier molecular flexibility index (Phi) is 7.29. The molecule has 3 rings (SSSR count). The number of thiazole rings is 1. The number of aromatic nitrogens is 1. The summed E-state index contributed by atoms with van der Waals surface area (Å²) in [5.74, 6) is -2.20. The van der Waals surface area contributed by atoms with Gasteiger partial charge in [0.1, 0.15) is 5.01 Å². The highest BCUT2D eigenvalue weighted by Crippen LogP contribution is 2.38. The van der Waals surface area contributed by atoms with E-state index in [2.05, 4.69) is 21.2 Å². The molecule has 0 aliphatic carbocycles. The highest BCUT2D eigenvalue weighted by atomic mass is 35.5. The summed E-state index contributed by atoms with van der Waals surface area (Å²) in [6.07, 6.45) is -0.180. The van der Waals surface area contributed by atoms with Crippen LogP contribution < -0.4 is 16.2 Å². The molecule has 0 bridgehead atoms. The molecule has 12 heteroatoms. The van der Waals surface area contributed by atoms with Gasteiger partial charge in [-0.2, -0.15) is 0 Å². The van der Waals surface area contributed by atoms with Gasteiger partial charge in [-0.3, -0.25) is 30.0 Å². The van der Waals surface area contributed by atoms with Crippen molar-refractivity contribution < 1.29 is 23.9 Å². The Morgan fingerprint density at radius 1 is 1.27 bits per heavy atom. The van der Waals surface area contributed by atoms with E-state index in [4.69, 9.17) is 16.3 Å². The largest absolute Gasteiger partial charge is 0.455 e. The van der Waals surface area contributed by atoms with Crippen LogP contribution in [0.15, 0.2) is 28.5 Å². The average molecular weight is 469 g/mol. The molecule has 0 radical (unpaired) electrons. The van der Waals surface area contributed by atoms with Crippen LogP contribution in [0.4, 0.5) is 5.69 Å². The summed E-state index contributed by atoms with van der Waals surface area (Å²) in [4.78, 5) is 52.6. The number of aryl methyl sites for hydroxylation is 1. The molecule has 30 heavy (non-hydrogen) atoms. The van der Waals surface area contributed by atoms with Crippen molar-refractivity contribution in [2.24, 2.45) is 0 Å². The molecule has 0 fully saturated rings. The summed E-state index contributed by atoms with van der Waals surface area (Å²) < 4.78 is 4.89. The number of halogens is 1. The number of fused-ring (bicyclic) bond motifs is 1. The fraction of sp³-hybridized carbons (Fsp3) is 0.278. The number of hydrogen-bond acceptors (Lipinski definition) is 8. The lowest BCUT2D eigenvalue weighted by molar-refractivity contribution is -0.149. The first kappa shape index (κ1) is 22.1. The summed E-state index contributed by atoms with van der Waals surface area (Å²) in [5.41, 5.74) is 5.79. The summed E-state index contributed by atoms with van der Waals surface area (Å²) >= 11 is 8.46. The van der Waals surface area contributed by atoms with Gasteiger partial charge in [-0.05, 0) is 25.1 Å². The van der Waals surface area contributed by atoms with Crippen LogP contribution in [-0.2, 0) is 30.3 Å². The van der Waals surface area contributed by atoms with Crippen molar-refractivity contribution in [1.82, 2.24) is 15.8 Å². The second-order valence-electron chi connectivity index (χ2n) is 6.26. The molecule has 3 N–H and O–H groups in total. The summed E-state index contributed by atoms with van der Waals surface area (Å²) in [6, 6.07) is 5.07. The molecule has 1 atom stereocenters. The fourth-order valence-corrected chi connectivity index (χ4v) is 4.47. The first-order valence-electron chi connectivity index (χ1n) is 8.71. The zero-order valence-electron chi connectivity index (χ0n) is 15.7. The SMILES string of the molecule is Cc1csc(CC(=O)NNC(=O)COC(=O)CC2Sc3ccc(Cl)cc3NC2=O)n1. The van der Waals surface area contributed by atoms with Crippen LogP contribution >= 0.6 is 34.7 Å². The van der Waals surface area contributed by atoms with E-state index < -0.39 is 29.6 Å². The molecule has 1 aromatic heterocycles. The maximum atomic E-state index is 12.2. The van der Waals surface area contributed by atoms with Crippen molar-refractivity contribution in [3.8, 4) is 0 Å². The van der Waals surface area contributed by atoms with Crippen molar-refractivity contribution in [1.29, 1.82) is 0 Å². The molecule has 0 spiro atoms. The third-order valence-electron chi connectivity index (χ3n) is 3.80. The van der Waals surface area contributed by atoms with Crippen LogP contribution in [0.2, 0.25) is 5.02 Å². The lowest BCUT2D eigenvalue weighted by atomic mass is 10.2. The van der Waals surface area contributed by atoms with Crippen molar-refractivity contribution in [3.63, 3.8) is 0 Å². The molecule has 1 aliphatic rings. The Labute approximate surface area is 184 Å². The van der Waals surface area contributed by atoms with Crippen molar-refractivity contribution in [2.75, 3.05) is 11.9 Å². The first-order valence-corrected chi connectivity index (χ1v) is 10.9. The molecule has 3 amide bonds. The number of esters is 1. The highest BCUT2D eigenvalue weighted by molar-refractivity contribution is 8.01. The number of amides is 3. The van der Waals surface area contributed by atoms with E-state index in [-0.39, 0.29) is 18.7 Å². The minimum absolute atomic E-state index is 0.0271. The third kappa shape index (κ3) is 6.18. The smallest absolute Gasteiger partial charge is 0.307 e. The number of nitrogens with zero attached hydrogens (tertiary/aromatic N) is 1. The van der Waals surface area contributed by atoms with Crippen molar-refractivity contribution >= 4 is 64.1 Å². The molecular formula is C18H17ClN4O5S2. The number of carbonyl (C=O) groups is 4. The lowest BCUT2D eigenvalue weighted by Crippen LogP contribution is -2.44. The standard InChI is InChI=1S/C18H17ClN4O5S2/c1-9-8-29-16(20-9)6-14(24)22-23-15(25)7-28-17(26)5-13-18(27)21-11-4-10(19)2-3-12(11)30-13/h2-4,8,13H,5-7H2,1H3,(H,21,27)(H,22,24)(H,23,25). The zero-order valence-corrected chi connectivity index (χ0v) is 18.1. The fourth-order valence-electron chi connectivity index (χ4n) is 2.45. The highest BCUT2D eigenvalue weighted by Gasteiger charge is 2.29. The number of nitrogens with one attached hydrogen (secondary N) is 3. The Hall–Kier alpha value is -2.63. The van der Waals surface area contributed by atoms with Crippen LogP contribution in [-0.4, -0.2) is 40.5 Å². The van der Waals surface area contributed by atoms with E-state index in [1.807, 2.05) is 12.3 Å². The minimum Gasteiger partial charge on any atom is -0.455 e. The Morgan fingerprint density at radius 2 is 2.03 bits per heavy atom. The number of rotatable bonds is 6. The maximum Gasteiger partial charge on any atom is 0.307 e. The second kappa shape index (κ2) is 9.92. The number of hydrazine groups is 1. The van der Waals surface area contributed by atoms with Crippen LogP contribution in [0.5, 0.6) is 0 Å². The van der Waals surface area contributed by atoms with Gasteiger partial charge in [0.05, 0.1) is 23.8 Å². The maximum absolute atomic E-state index is 12.2. The average Bonchev–Trinajstić information content (AvgIpc) is 3.10. The van der Waals surface area contributed by atoms with Gasteiger partial charge in [-0.25, -0.2) is 4.98 Å². The quantitative estimate of drug-likeness (QED) is 0.436. The van der Waals surface area contributed by atoms with E-state index >= 15 is 0 Å².